The standard InChI is InChI=1S/C12H12N4O5S2/c1-12(23-11-14-13-8(18)9(19)15(11)2)4-5(10(20)21)16-6(17)3-7(16)22-12/h4,7H,3H2,1-2H3,(H,13,18)(H,20,21)/t7-,12?/m1/s1. The second kappa shape index (κ2) is 5.27. The number of nitrogens with zero attached hydrogens (tertiary/aromatic N) is 3. The van der Waals surface area contributed by atoms with Crippen LogP contribution in [0.25, 0.3) is 0 Å². The van der Waals surface area contributed by atoms with Crippen molar-refractivity contribution >= 4 is 35.4 Å². The second-order valence-corrected chi connectivity index (χ2v) is 8.50. The van der Waals surface area contributed by atoms with Crippen molar-refractivity contribution in [3.05, 3.63) is 32.5 Å². The van der Waals surface area contributed by atoms with Gasteiger partial charge in [-0.15, -0.1) is 16.9 Å². The minimum absolute atomic E-state index is 0.0746. The van der Waals surface area contributed by atoms with Crippen LogP contribution in [0.3, 0.4) is 0 Å². The zero-order chi connectivity index (χ0) is 16.9. The summed E-state index contributed by atoms with van der Waals surface area (Å²) in [4.78, 5) is 47.2. The highest BCUT2D eigenvalue weighted by Crippen LogP contribution is 2.52. The third-order valence-electron chi connectivity index (χ3n) is 3.49. The molecule has 2 N–H and O–H groups in total. The van der Waals surface area contributed by atoms with Gasteiger partial charge in [-0.3, -0.25) is 23.9 Å². The molecule has 1 amide bonds. The molecule has 2 atom stereocenters. The lowest BCUT2D eigenvalue weighted by Crippen LogP contribution is -2.55. The van der Waals surface area contributed by atoms with E-state index < -0.39 is 21.2 Å². The number of hydrogen-bond donors (Lipinski definition) is 2. The molecule has 9 nitrogen and oxygen atoms in total. The summed E-state index contributed by atoms with van der Waals surface area (Å²) in [5.41, 5.74) is -1.64. The van der Waals surface area contributed by atoms with Crippen molar-refractivity contribution in [2.24, 2.45) is 7.05 Å². The number of carboxylic acids is 1. The Morgan fingerprint density at radius 1 is 1.52 bits per heavy atom. The van der Waals surface area contributed by atoms with E-state index in [0.29, 0.717) is 0 Å². The molecule has 0 spiro atoms. The van der Waals surface area contributed by atoms with Gasteiger partial charge in [0.2, 0.25) is 5.91 Å². The molecule has 2 aliphatic rings. The number of thioether (sulfide) groups is 2. The third-order valence-corrected chi connectivity index (χ3v) is 6.33. The Hall–Kier alpha value is -2.01. The van der Waals surface area contributed by atoms with Gasteiger partial charge in [-0.05, 0) is 13.0 Å². The number of aliphatic carboxylic acids is 1. The number of amides is 1. The molecule has 1 fully saturated rings. The summed E-state index contributed by atoms with van der Waals surface area (Å²) in [6, 6.07) is 0. The van der Waals surface area contributed by atoms with Gasteiger partial charge in [-0.1, -0.05) is 11.8 Å². The number of carbonyl (C=O) groups excluding carboxylic acids is 1. The van der Waals surface area contributed by atoms with E-state index in [-0.39, 0.29) is 28.6 Å². The predicted octanol–water partition coefficient (Wildman–Crippen LogP) is -0.449. The number of β-lactam (4-membered cyclic amide) rings is 1. The average Bonchev–Trinajstić information content (AvgIpc) is 2.46. The fraction of sp³-hybridized carbons (Fsp3) is 0.417. The first-order valence-electron chi connectivity index (χ1n) is 6.52. The van der Waals surface area contributed by atoms with Gasteiger partial charge >= 0.3 is 17.1 Å². The van der Waals surface area contributed by atoms with E-state index in [0.717, 1.165) is 16.3 Å². The van der Waals surface area contributed by atoms with E-state index in [4.69, 9.17) is 0 Å². The molecule has 2 aliphatic heterocycles. The monoisotopic (exact) mass is 356 g/mol. The summed E-state index contributed by atoms with van der Waals surface area (Å²) in [7, 11) is 1.42. The largest absolute Gasteiger partial charge is 0.477 e. The Morgan fingerprint density at radius 3 is 2.83 bits per heavy atom. The van der Waals surface area contributed by atoms with Gasteiger partial charge in [0.05, 0.1) is 15.9 Å². The molecule has 3 heterocycles. The maximum atomic E-state index is 11.7. The molecule has 0 saturated carbocycles. The molecular formula is C12H12N4O5S2. The highest BCUT2D eigenvalue weighted by Gasteiger charge is 2.49. The van der Waals surface area contributed by atoms with Crippen LogP contribution in [-0.2, 0) is 16.6 Å². The molecule has 1 aromatic heterocycles. The number of aromatic amines is 1. The summed E-state index contributed by atoms with van der Waals surface area (Å²) >= 11 is 2.55. The van der Waals surface area contributed by atoms with Gasteiger partial charge in [0, 0.05) is 7.05 Å². The van der Waals surface area contributed by atoms with Crippen LogP contribution in [0.4, 0.5) is 0 Å². The number of carboxylic acid groups (broad SMARTS) is 1. The molecule has 1 saturated heterocycles. The van der Waals surface area contributed by atoms with Gasteiger partial charge in [0.15, 0.2) is 5.16 Å². The number of rotatable bonds is 3. The van der Waals surface area contributed by atoms with Crippen LogP contribution in [0, 0.1) is 0 Å². The zero-order valence-electron chi connectivity index (χ0n) is 12.1. The maximum Gasteiger partial charge on any atom is 0.352 e. The molecule has 0 aliphatic carbocycles. The smallest absolute Gasteiger partial charge is 0.352 e. The van der Waals surface area contributed by atoms with E-state index in [1.807, 2.05) is 0 Å². The minimum Gasteiger partial charge on any atom is -0.477 e. The molecule has 23 heavy (non-hydrogen) atoms. The average molecular weight is 356 g/mol. The molecule has 0 bridgehead atoms. The van der Waals surface area contributed by atoms with Crippen LogP contribution in [0.1, 0.15) is 13.3 Å². The summed E-state index contributed by atoms with van der Waals surface area (Å²) in [5.74, 6) is -1.41. The molecular weight excluding hydrogens is 344 g/mol. The fourth-order valence-electron chi connectivity index (χ4n) is 2.34. The number of hydrogen-bond acceptors (Lipinski definition) is 7. The van der Waals surface area contributed by atoms with E-state index in [2.05, 4.69) is 10.2 Å². The lowest BCUT2D eigenvalue weighted by atomic mass is 10.1. The molecule has 1 unspecified atom stereocenters. The van der Waals surface area contributed by atoms with Crippen molar-refractivity contribution in [3.63, 3.8) is 0 Å². The summed E-state index contributed by atoms with van der Waals surface area (Å²) < 4.78 is 0.368. The second-order valence-electron chi connectivity index (χ2n) is 5.19. The van der Waals surface area contributed by atoms with Crippen LogP contribution in [0.2, 0.25) is 0 Å². The number of carbonyl (C=O) groups is 2. The highest BCUT2D eigenvalue weighted by atomic mass is 32.2. The lowest BCUT2D eigenvalue weighted by Gasteiger charge is -2.47. The van der Waals surface area contributed by atoms with E-state index in [9.17, 15) is 24.3 Å². The van der Waals surface area contributed by atoms with Crippen LogP contribution in [0.15, 0.2) is 26.5 Å². The van der Waals surface area contributed by atoms with Crippen LogP contribution < -0.4 is 11.1 Å². The number of H-pyrrole nitrogens is 1. The van der Waals surface area contributed by atoms with Crippen molar-refractivity contribution in [2.45, 2.75) is 28.0 Å². The third kappa shape index (κ3) is 2.59. The van der Waals surface area contributed by atoms with Gasteiger partial charge in [-0.2, -0.15) is 0 Å². The lowest BCUT2D eigenvalue weighted by molar-refractivity contribution is -0.146. The summed E-state index contributed by atoms with van der Waals surface area (Å²) in [5, 5.41) is 15.3. The maximum absolute atomic E-state index is 11.7. The molecule has 11 heteroatoms. The van der Waals surface area contributed by atoms with Crippen LogP contribution >= 0.6 is 23.5 Å². The van der Waals surface area contributed by atoms with Gasteiger partial charge < -0.3 is 5.11 Å². The molecule has 0 radical (unpaired) electrons. The number of aromatic nitrogens is 3. The van der Waals surface area contributed by atoms with Crippen molar-refractivity contribution in [1.82, 2.24) is 19.7 Å². The molecule has 122 valence electrons. The van der Waals surface area contributed by atoms with Crippen molar-refractivity contribution in [3.8, 4) is 0 Å². The molecule has 1 aromatic rings. The Kier molecular flexibility index (Phi) is 3.64. The first-order chi connectivity index (χ1) is 10.7. The van der Waals surface area contributed by atoms with E-state index in [1.54, 1.807) is 6.92 Å². The minimum atomic E-state index is -1.18. The summed E-state index contributed by atoms with van der Waals surface area (Å²) in [6.45, 7) is 1.78. The zero-order valence-corrected chi connectivity index (χ0v) is 13.7. The van der Waals surface area contributed by atoms with Crippen LogP contribution in [0.5, 0.6) is 0 Å². The normalized spacial score (nSPS) is 26.3. The topological polar surface area (TPSA) is 125 Å². The van der Waals surface area contributed by atoms with Crippen molar-refractivity contribution < 1.29 is 14.7 Å². The first-order valence-corrected chi connectivity index (χ1v) is 8.22. The first kappa shape index (κ1) is 15.9. The molecule has 0 aromatic carbocycles. The SMILES string of the molecule is Cn1c(SC2(C)C=C(C(=O)O)N3C(=O)C[C@H]3S2)n[nH]c(=O)c1=O. The summed E-state index contributed by atoms with van der Waals surface area (Å²) in [6.07, 6.45) is 1.74. The van der Waals surface area contributed by atoms with E-state index >= 15 is 0 Å². The van der Waals surface area contributed by atoms with Gasteiger partial charge in [0.1, 0.15) is 5.70 Å². The molecule has 3 rings (SSSR count). The van der Waals surface area contributed by atoms with Gasteiger partial charge in [-0.25, -0.2) is 9.89 Å². The highest BCUT2D eigenvalue weighted by molar-refractivity contribution is 8.18. The van der Waals surface area contributed by atoms with E-state index in [1.165, 1.54) is 29.8 Å². The fourth-order valence-corrected chi connectivity index (χ4v) is 5.22. The van der Waals surface area contributed by atoms with Crippen molar-refractivity contribution in [2.75, 3.05) is 0 Å². The van der Waals surface area contributed by atoms with Crippen LogP contribution in [-0.4, -0.2) is 46.1 Å². The number of nitrogens with one attached hydrogen (secondary N) is 1. The Balaban J connectivity index is 1.99. The quantitative estimate of drug-likeness (QED) is 0.551. The Labute approximate surface area is 137 Å². The van der Waals surface area contributed by atoms with Crippen molar-refractivity contribution in [1.29, 1.82) is 0 Å². The Bertz CT molecular complexity index is 860. The Morgan fingerprint density at radius 2 is 2.22 bits per heavy atom. The predicted molar refractivity (Wildman–Crippen MR) is 82.9 cm³/mol. The van der Waals surface area contributed by atoms with Gasteiger partial charge in [0.25, 0.3) is 0 Å². The number of fused-ring (bicyclic) bond motifs is 1.